The highest BCUT2D eigenvalue weighted by Gasteiger charge is 2.51. The zero-order valence-corrected chi connectivity index (χ0v) is 17.8. The number of carbonyl (C=O) groups is 1. The first-order valence-electron chi connectivity index (χ1n) is 9.86. The molecular formula is C20H30Cl2N2OS. The van der Waals surface area contributed by atoms with Gasteiger partial charge in [0, 0.05) is 41.4 Å². The fraction of sp³-hybridized carbons (Fsp3) is 0.850. The van der Waals surface area contributed by atoms with E-state index in [4.69, 9.17) is 29.6 Å². The molecule has 1 aliphatic heterocycles. The zero-order chi connectivity index (χ0) is 18.7. The number of nitrogens with one attached hydrogen (secondary N) is 2. The molecule has 2 aliphatic carbocycles. The average molecular weight is 417 g/mol. The topological polar surface area (TPSA) is 41.1 Å². The van der Waals surface area contributed by atoms with Crippen molar-refractivity contribution in [2.24, 2.45) is 17.3 Å². The van der Waals surface area contributed by atoms with Gasteiger partial charge in [0.2, 0.25) is 0 Å². The summed E-state index contributed by atoms with van der Waals surface area (Å²) in [6.45, 7) is 3.09. The highest BCUT2D eigenvalue weighted by atomic mass is 35.5. The molecule has 2 N–H and O–H groups in total. The van der Waals surface area contributed by atoms with E-state index in [0.717, 1.165) is 44.4 Å². The van der Waals surface area contributed by atoms with Gasteiger partial charge in [-0.05, 0) is 49.9 Å². The number of alkyl halides is 2. The molecule has 0 aromatic carbocycles. The summed E-state index contributed by atoms with van der Waals surface area (Å²) in [4.78, 5) is 12.7. The Labute approximate surface area is 172 Å². The number of hydrogen-bond acceptors (Lipinski definition) is 4. The maximum atomic E-state index is 12.7. The van der Waals surface area contributed by atoms with E-state index in [-0.39, 0.29) is 16.8 Å². The molecule has 2 saturated carbocycles. The maximum absolute atomic E-state index is 12.7. The van der Waals surface area contributed by atoms with Crippen molar-refractivity contribution in [2.75, 3.05) is 12.3 Å². The highest BCUT2D eigenvalue weighted by molar-refractivity contribution is 8.00. The van der Waals surface area contributed by atoms with Gasteiger partial charge >= 0.3 is 0 Å². The summed E-state index contributed by atoms with van der Waals surface area (Å²) in [5.74, 6) is 2.28. The predicted molar refractivity (Wildman–Crippen MR) is 112 cm³/mol. The molecule has 0 amide bonds. The normalized spacial score (nSPS) is 42.2. The van der Waals surface area contributed by atoms with Crippen molar-refractivity contribution in [3.8, 4) is 12.5 Å². The largest absolute Gasteiger partial charge is 0.346 e. The van der Waals surface area contributed by atoms with E-state index >= 15 is 0 Å². The summed E-state index contributed by atoms with van der Waals surface area (Å²) in [5.41, 5.74) is 0.319. The molecule has 0 bridgehead atoms. The van der Waals surface area contributed by atoms with Crippen LogP contribution in [0.2, 0.25) is 0 Å². The van der Waals surface area contributed by atoms with Crippen molar-refractivity contribution in [1.82, 2.24) is 10.6 Å². The van der Waals surface area contributed by atoms with Gasteiger partial charge in [-0.1, -0.05) is 13.3 Å². The van der Waals surface area contributed by atoms with Crippen LogP contribution >= 0.6 is 35.0 Å². The van der Waals surface area contributed by atoms with Gasteiger partial charge in [0.25, 0.3) is 0 Å². The van der Waals surface area contributed by atoms with Gasteiger partial charge in [-0.15, -0.1) is 35.0 Å². The molecule has 3 aliphatic rings. The molecule has 0 aromatic heterocycles. The first kappa shape index (κ1) is 20.6. The van der Waals surface area contributed by atoms with Crippen LogP contribution in [-0.2, 0) is 4.79 Å². The lowest BCUT2D eigenvalue weighted by atomic mass is 9.88. The van der Waals surface area contributed by atoms with Crippen LogP contribution in [0.5, 0.6) is 0 Å². The predicted octanol–water partition coefficient (Wildman–Crippen LogP) is 3.98. The van der Waals surface area contributed by atoms with Gasteiger partial charge in [0.05, 0.1) is 11.4 Å². The molecule has 3 nitrogen and oxygen atoms in total. The van der Waals surface area contributed by atoms with Crippen molar-refractivity contribution in [2.45, 2.75) is 74.0 Å². The summed E-state index contributed by atoms with van der Waals surface area (Å²) < 4.78 is 0. The van der Waals surface area contributed by atoms with Crippen LogP contribution in [0, 0.1) is 29.7 Å². The molecule has 0 spiro atoms. The summed E-state index contributed by atoms with van der Waals surface area (Å²) in [6.07, 6.45) is 12.2. The molecule has 146 valence electrons. The van der Waals surface area contributed by atoms with E-state index in [0.29, 0.717) is 34.8 Å². The number of rotatable bonds is 8. The van der Waals surface area contributed by atoms with E-state index < -0.39 is 0 Å². The van der Waals surface area contributed by atoms with Gasteiger partial charge in [-0.2, -0.15) is 0 Å². The van der Waals surface area contributed by atoms with Crippen LogP contribution in [-0.4, -0.2) is 40.3 Å². The standard InChI is InChI=1S/C20H30Cl2N2OS/c1-3-20(12-23-4-2)10-13(20)5-8-18(25)17-11-26-19(24-17)15-7-6-14(21)9-16(15)22/h2,13-17,19,23-24H,3,5-12H2,1H3. The molecular weight excluding hydrogens is 387 g/mol. The van der Waals surface area contributed by atoms with Crippen molar-refractivity contribution < 1.29 is 4.79 Å². The molecule has 0 aromatic rings. The molecule has 6 heteroatoms. The quantitative estimate of drug-likeness (QED) is 0.356. The Morgan fingerprint density at radius 3 is 2.92 bits per heavy atom. The molecule has 26 heavy (non-hydrogen) atoms. The lowest BCUT2D eigenvalue weighted by molar-refractivity contribution is -0.120. The van der Waals surface area contributed by atoms with Crippen LogP contribution in [0.1, 0.15) is 51.9 Å². The minimum Gasteiger partial charge on any atom is -0.346 e. The second kappa shape index (κ2) is 8.95. The first-order chi connectivity index (χ1) is 12.5. The van der Waals surface area contributed by atoms with Crippen molar-refractivity contribution >= 4 is 40.7 Å². The lowest BCUT2D eigenvalue weighted by Gasteiger charge is -2.33. The second-order valence-corrected chi connectivity index (χ2v) is 10.5. The number of thioether (sulfide) groups is 1. The van der Waals surface area contributed by atoms with E-state index in [1.165, 1.54) is 6.42 Å². The number of Topliss-reactive ketones (excluding diaryl/α,β-unsaturated/α-hetero) is 1. The fourth-order valence-electron chi connectivity index (χ4n) is 4.69. The number of halogens is 2. The highest BCUT2D eigenvalue weighted by Crippen LogP contribution is 2.57. The Morgan fingerprint density at radius 2 is 2.23 bits per heavy atom. The molecule has 7 atom stereocenters. The maximum Gasteiger partial charge on any atom is 0.150 e. The second-order valence-electron chi connectivity index (χ2n) is 8.18. The van der Waals surface area contributed by atoms with E-state index in [9.17, 15) is 4.79 Å². The Balaban J connectivity index is 1.42. The smallest absolute Gasteiger partial charge is 0.150 e. The Bertz CT molecular complexity index is 554. The Hall–Kier alpha value is -0.0800. The number of terminal acetylenes is 1. The third kappa shape index (κ3) is 4.66. The van der Waals surface area contributed by atoms with E-state index in [1.54, 1.807) is 0 Å². The van der Waals surface area contributed by atoms with Crippen molar-refractivity contribution in [3.05, 3.63) is 0 Å². The summed E-state index contributed by atoms with van der Waals surface area (Å²) in [7, 11) is 0. The zero-order valence-electron chi connectivity index (χ0n) is 15.5. The van der Waals surface area contributed by atoms with Gasteiger partial charge in [0.15, 0.2) is 5.78 Å². The minimum atomic E-state index is -0.0128. The van der Waals surface area contributed by atoms with Crippen LogP contribution < -0.4 is 10.6 Å². The molecule has 1 saturated heterocycles. The molecule has 0 radical (unpaired) electrons. The Morgan fingerprint density at radius 1 is 1.42 bits per heavy atom. The number of ketones is 1. The third-order valence-corrected chi connectivity index (χ3v) is 8.96. The van der Waals surface area contributed by atoms with Gasteiger partial charge in [-0.3, -0.25) is 10.1 Å². The molecule has 3 rings (SSSR count). The van der Waals surface area contributed by atoms with E-state index in [2.05, 4.69) is 23.6 Å². The first-order valence-corrected chi connectivity index (χ1v) is 11.8. The summed E-state index contributed by atoms with van der Waals surface area (Å²) in [6, 6.07) is 2.51. The monoisotopic (exact) mass is 416 g/mol. The van der Waals surface area contributed by atoms with Gasteiger partial charge < -0.3 is 5.32 Å². The average Bonchev–Trinajstić information content (AvgIpc) is 3.10. The van der Waals surface area contributed by atoms with Gasteiger partial charge in [-0.25, -0.2) is 0 Å². The van der Waals surface area contributed by atoms with Crippen LogP contribution in [0.25, 0.3) is 0 Å². The van der Waals surface area contributed by atoms with E-state index in [1.807, 2.05) is 11.8 Å². The summed E-state index contributed by atoms with van der Waals surface area (Å²) >= 11 is 14.6. The molecule has 7 unspecified atom stereocenters. The van der Waals surface area contributed by atoms with Crippen LogP contribution in [0.3, 0.4) is 0 Å². The molecule has 3 fully saturated rings. The number of carbonyl (C=O) groups excluding carboxylic acids is 1. The lowest BCUT2D eigenvalue weighted by Crippen LogP contribution is -2.43. The SMILES string of the molecule is C#CNCC1(CC)CC1CCC(=O)C1CSC(C2CCC(Cl)CC2Cl)N1. The minimum absolute atomic E-state index is 0.0128. The summed E-state index contributed by atoms with van der Waals surface area (Å²) in [5, 5.41) is 7.22. The fourth-order valence-corrected chi connectivity index (χ4v) is 7.19. The number of hydrogen-bond donors (Lipinski definition) is 2. The van der Waals surface area contributed by atoms with Crippen molar-refractivity contribution in [3.63, 3.8) is 0 Å². The third-order valence-electron chi connectivity index (χ3n) is 6.69. The molecule has 1 heterocycles. The van der Waals surface area contributed by atoms with Crippen LogP contribution in [0.15, 0.2) is 0 Å². The Kier molecular flexibility index (Phi) is 7.11. The van der Waals surface area contributed by atoms with Gasteiger partial charge in [0.1, 0.15) is 0 Å². The van der Waals surface area contributed by atoms with Crippen molar-refractivity contribution in [1.29, 1.82) is 0 Å². The van der Waals surface area contributed by atoms with Crippen LogP contribution in [0.4, 0.5) is 0 Å².